The average molecular weight is 364 g/mol. The van der Waals surface area contributed by atoms with Crippen molar-refractivity contribution in [2.45, 2.75) is 13.8 Å². The summed E-state index contributed by atoms with van der Waals surface area (Å²) in [7, 11) is 0. The van der Waals surface area contributed by atoms with Gasteiger partial charge in [-0.05, 0) is 30.7 Å². The van der Waals surface area contributed by atoms with Gasteiger partial charge in [-0.3, -0.25) is 4.79 Å². The molecule has 0 aromatic heterocycles. The van der Waals surface area contributed by atoms with E-state index in [-0.39, 0.29) is 22.8 Å². The number of thioether (sulfide) groups is 1. The van der Waals surface area contributed by atoms with Gasteiger partial charge < -0.3 is 4.90 Å². The number of halogens is 1. The Bertz CT molecular complexity index is 711. The molecule has 2 aromatic rings. The van der Waals surface area contributed by atoms with Gasteiger partial charge in [0.25, 0.3) is 0 Å². The van der Waals surface area contributed by atoms with Gasteiger partial charge in [-0.25, -0.2) is 0 Å². The molecule has 0 bridgehead atoms. The molecule has 0 atom stereocenters. The van der Waals surface area contributed by atoms with E-state index >= 15 is 0 Å². The number of nitrogens with zero attached hydrogens (tertiary/aromatic N) is 1. The Balaban J connectivity index is 0.00000161. The van der Waals surface area contributed by atoms with Crippen LogP contribution in [0.15, 0.2) is 53.1 Å². The Labute approximate surface area is 140 Å². The van der Waals surface area contributed by atoms with Crippen LogP contribution in [-0.2, 0) is 0 Å². The van der Waals surface area contributed by atoms with E-state index in [1.807, 2.05) is 36.4 Å². The Morgan fingerprint density at radius 3 is 2.52 bits per heavy atom. The van der Waals surface area contributed by atoms with Crippen molar-refractivity contribution in [3.8, 4) is 0 Å². The van der Waals surface area contributed by atoms with Gasteiger partial charge in [-0.2, -0.15) is 0 Å². The summed E-state index contributed by atoms with van der Waals surface area (Å²) in [5, 5.41) is 2.30. The van der Waals surface area contributed by atoms with Gasteiger partial charge in [0, 0.05) is 16.2 Å². The first-order chi connectivity index (χ1) is 9.65. The number of benzene rings is 2. The molecule has 21 heavy (non-hydrogen) atoms. The molecule has 4 heteroatoms. The highest BCUT2D eigenvalue weighted by Gasteiger charge is 2.19. The van der Waals surface area contributed by atoms with E-state index in [0.717, 1.165) is 16.8 Å². The van der Waals surface area contributed by atoms with Crippen molar-refractivity contribution in [3.63, 3.8) is 0 Å². The van der Waals surface area contributed by atoms with Crippen LogP contribution < -0.4 is 0 Å². The smallest absolute Gasteiger partial charge is 0.182 e. The fraction of sp³-hybridized carbons (Fsp3) is 0.235. The molecule has 0 radical (unpaired) electrons. The lowest BCUT2D eigenvalue weighted by Gasteiger charge is -2.18. The number of fused-ring (bicyclic) bond motifs is 1. The number of rotatable bonds is 3. The molecule has 2 aromatic carbocycles. The molecule has 1 heterocycles. The predicted octanol–water partition coefficient (Wildman–Crippen LogP) is 4.86. The van der Waals surface area contributed by atoms with Gasteiger partial charge in [0.1, 0.15) is 0 Å². The molecule has 3 rings (SSSR count). The predicted molar refractivity (Wildman–Crippen MR) is 96.1 cm³/mol. The molecule has 0 aliphatic carbocycles. The van der Waals surface area contributed by atoms with E-state index in [4.69, 9.17) is 0 Å². The molecule has 0 saturated heterocycles. The lowest BCUT2D eigenvalue weighted by Crippen LogP contribution is -2.25. The first-order valence-electron chi connectivity index (χ1n) is 6.72. The molecular weight excluding hydrogens is 346 g/mol. The molecule has 0 spiro atoms. The minimum atomic E-state index is 0. The van der Waals surface area contributed by atoms with Crippen molar-refractivity contribution in [2.24, 2.45) is 0 Å². The van der Waals surface area contributed by atoms with Crippen LogP contribution in [0.2, 0.25) is 0 Å². The molecular formula is C17H18BrNOS. The first-order valence-corrected chi connectivity index (χ1v) is 7.71. The summed E-state index contributed by atoms with van der Waals surface area (Å²) in [5.41, 5.74) is 2.02. The Morgan fingerprint density at radius 1 is 1.14 bits per heavy atom. The van der Waals surface area contributed by atoms with Crippen LogP contribution in [0.25, 0.3) is 10.8 Å². The maximum Gasteiger partial charge on any atom is 0.182 e. The first kappa shape index (κ1) is 16.1. The minimum Gasteiger partial charge on any atom is -0.357 e. The van der Waals surface area contributed by atoms with E-state index in [1.165, 1.54) is 16.0 Å². The van der Waals surface area contributed by atoms with Gasteiger partial charge in [0.05, 0.1) is 12.4 Å². The van der Waals surface area contributed by atoms with Gasteiger partial charge in [-0.1, -0.05) is 36.4 Å². The van der Waals surface area contributed by atoms with Gasteiger partial charge >= 0.3 is 0 Å². The fourth-order valence-corrected chi connectivity index (χ4v) is 3.36. The van der Waals surface area contributed by atoms with Gasteiger partial charge in [0.15, 0.2) is 5.78 Å². The largest absolute Gasteiger partial charge is 0.357 e. The molecule has 0 N–H and O–H groups in total. The van der Waals surface area contributed by atoms with Crippen LogP contribution in [0.1, 0.15) is 24.2 Å². The Hall–Kier alpha value is -1.26. The lowest BCUT2D eigenvalue weighted by molar-refractivity contribution is 0.0959. The number of ketones is 1. The third-order valence-electron chi connectivity index (χ3n) is 3.83. The SMILES string of the molecule is Br.CC1=C(C)N(CC(=O)c2ccc3ccccc3c2)CS1. The number of Topliss-reactive ketones (excluding diaryl/α,β-unsaturated/α-hetero) is 1. The number of hydrogen-bond donors (Lipinski definition) is 0. The third-order valence-corrected chi connectivity index (χ3v) is 5.00. The number of carbonyl (C=O) groups is 1. The van der Waals surface area contributed by atoms with Gasteiger partial charge in [0.2, 0.25) is 0 Å². The van der Waals surface area contributed by atoms with E-state index in [0.29, 0.717) is 6.54 Å². The highest BCUT2D eigenvalue weighted by atomic mass is 79.9. The second-order valence-electron chi connectivity index (χ2n) is 5.10. The summed E-state index contributed by atoms with van der Waals surface area (Å²) >= 11 is 1.81. The number of hydrogen-bond acceptors (Lipinski definition) is 3. The highest BCUT2D eigenvalue weighted by molar-refractivity contribution is 8.93. The summed E-state index contributed by atoms with van der Waals surface area (Å²) in [6.45, 7) is 4.66. The topological polar surface area (TPSA) is 20.3 Å². The normalized spacial score (nSPS) is 14.5. The van der Waals surface area contributed by atoms with E-state index in [1.54, 1.807) is 11.8 Å². The zero-order valence-electron chi connectivity index (χ0n) is 12.1. The monoisotopic (exact) mass is 363 g/mol. The highest BCUT2D eigenvalue weighted by Crippen LogP contribution is 2.30. The average Bonchev–Trinajstić information content (AvgIpc) is 2.78. The standard InChI is InChI=1S/C17H17NOS.BrH/c1-12-13(2)20-11-18(12)10-17(19)16-8-7-14-5-3-4-6-15(14)9-16;/h3-9H,10-11H2,1-2H3;1H. The van der Waals surface area contributed by atoms with Crippen molar-refractivity contribution >= 4 is 45.3 Å². The van der Waals surface area contributed by atoms with Crippen LogP contribution in [0.5, 0.6) is 0 Å². The lowest BCUT2D eigenvalue weighted by atomic mass is 10.0. The quantitative estimate of drug-likeness (QED) is 0.726. The zero-order valence-corrected chi connectivity index (χ0v) is 14.7. The summed E-state index contributed by atoms with van der Waals surface area (Å²) in [6, 6.07) is 14.1. The summed E-state index contributed by atoms with van der Waals surface area (Å²) in [6.07, 6.45) is 0. The fourth-order valence-electron chi connectivity index (χ4n) is 2.39. The molecule has 0 amide bonds. The Morgan fingerprint density at radius 2 is 1.86 bits per heavy atom. The summed E-state index contributed by atoms with van der Waals surface area (Å²) in [4.78, 5) is 15.9. The molecule has 0 unspecified atom stereocenters. The summed E-state index contributed by atoms with van der Waals surface area (Å²) < 4.78 is 0. The van der Waals surface area contributed by atoms with E-state index in [9.17, 15) is 4.79 Å². The van der Waals surface area contributed by atoms with Crippen molar-refractivity contribution in [1.82, 2.24) is 4.90 Å². The minimum absolute atomic E-state index is 0. The molecule has 2 nitrogen and oxygen atoms in total. The maximum absolute atomic E-state index is 12.4. The van der Waals surface area contributed by atoms with Crippen LogP contribution in [-0.4, -0.2) is 23.1 Å². The van der Waals surface area contributed by atoms with Crippen LogP contribution >= 0.6 is 28.7 Å². The molecule has 1 aliphatic heterocycles. The molecule has 0 saturated carbocycles. The van der Waals surface area contributed by atoms with E-state index in [2.05, 4.69) is 24.8 Å². The molecule has 1 aliphatic rings. The number of allylic oxidation sites excluding steroid dienone is 2. The van der Waals surface area contributed by atoms with Crippen LogP contribution in [0.3, 0.4) is 0 Å². The number of carbonyl (C=O) groups excluding carboxylic acids is 1. The van der Waals surface area contributed by atoms with Crippen molar-refractivity contribution < 1.29 is 4.79 Å². The summed E-state index contributed by atoms with van der Waals surface area (Å²) in [5.74, 6) is 1.07. The second-order valence-corrected chi connectivity index (χ2v) is 6.26. The van der Waals surface area contributed by atoms with Gasteiger partial charge in [-0.15, -0.1) is 28.7 Å². The maximum atomic E-state index is 12.4. The van der Waals surface area contributed by atoms with Crippen LogP contribution in [0, 0.1) is 0 Å². The van der Waals surface area contributed by atoms with Crippen LogP contribution in [0.4, 0.5) is 0 Å². The van der Waals surface area contributed by atoms with Crippen molar-refractivity contribution in [3.05, 3.63) is 58.6 Å². The van der Waals surface area contributed by atoms with Crippen molar-refractivity contribution in [1.29, 1.82) is 0 Å². The van der Waals surface area contributed by atoms with Crippen molar-refractivity contribution in [2.75, 3.05) is 12.4 Å². The third kappa shape index (κ3) is 3.33. The molecule has 0 fully saturated rings. The zero-order chi connectivity index (χ0) is 14.1. The molecule has 110 valence electrons. The van der Waals surface area contributed by atoms with E-state index < -0.39 is 0 Å². The second kappa shape index (κ2) is 6.67. The Kier molecular flexibility index (Phi) is 5.12.